The first-order valence-corrected chi connectivity index (χ1v) is 21.7. The highest BCUT2D eigenvalue weighted by Gasteiger charge is 2.34. The van der Waals surface area contributed by atoms with E-state index < -0.39 is 109 Å². The van der Waals surface area contributed by atoms with E-state index in [1.807, 2.05) is 30.3 Å². The molecule has 5 atom stereocenters. The van der Waals surface area contributed by atoms with Gasteiger partial charge in [-0.1, -0.05) is 56.3 Å². The molecule has 2 aromatic rings. The summed E-state index contributed by atoms with van der Waals surface area (Å²) in [5, 5.41) is 17.2. The first kappa shape index (κ1) is 56.0. The highest BCUT2D eigenvalue weighted by molar-refractivity contribution is 5.97. The van der Waals surface area contributed by atoms with Crippen molar-refractivity contribution in [3.05, 3.63) is 65.7 Å². The Bertz CT molecular complexity index is 1880. The molecule has 8 N–H and O–H groups in total. The van der Waals surface area contributed by atoms with Gasteiger partial charge in [-0.3, -0.25) is 43.2 Å². The molecule has 0 spiro atoms. The lowest BCUT2D eigenvalue weighted by molar-refractivity contribution is -0.146. The van der Waals surface area contributed by atoms with Crippen LogP contribution >= 0.6 is 0 Å². The van der Waals surface area contributed by atoms with Crippen molar-refractivity contribution >= 4 is 53.0 Å². The van der Waals surface area contributed by atoms with Gasteiger partial charge in [0.2, 0.25) is 17.7 Å². The van der Waals surface area contributed by atoms with Gasteiger partial charge in [0.25, 0.3) is 0 Å². The molecule has 0 aliphatic heterocycles. The van der Waals surface area contributed by atoms with Crippen LogP contribution in [0, 0.1) is 17.8 Å². The first-order chi connectivity index (χ1) is 31.4. The Morgan fingerprint density at radius 3 is 1.82 bits per heavy atom. The third-order valence-corrected chi connectivity index (χ3v) is 10.3. The average Bonchev–Trinajstić information content (AvgIpc) is 3.28. The minimum absolute atomic E-state index is 0.0427. The number of amides is 3. The van der Waals surface area contributed by atoms with Crippen LogP contribution in [0.5, 0.6) is 5.75 Å². The largest absolute Gasteiger partial charge is 0.489 e. The molecule has 20 nitrogen and oxygen atoms in total. The predicted molar refractivity (Wildman–Crippen MR) is 236 cm³/mol. The molecule has 0 saturated heterocycles. The maximum atomic E-state index is 14.3. The lowest BCUT2D eigenvalue weighted by Crippen LogP contribution is -2.48. The number of carbonyl (C=O) groups excluding carboxylic acids is 8. The molecule has 0 unspecified atom stereocenters. The van der Waals surface area contributed by atoms with E-state index in [2.05, 4.69) is 25.6 Å². The summed E-state index contributed by atoms with van der Waals surface area (Å²) >= 11 is 0. The van der Waals surface area contributed by atoms with Crippen molar-refractivity contribution in [3.8, 4) is 5.75 Å². The van der Waals surface area contributed by atoms with Gasteiger partial charge >= 0.3 is 17.9 Å². The van der Waals surface area contributed by atoms with Crippen LogP contribution in [0.1, 0.15) is 96.1 Å². The highest BCUT2D eigenvalue weighted by atomic mass is 16.7. The molecule has 364 valence electrons. The number of ketones is 3. The highest BCUT2D eigenvalue weighted by Crippen LogP contribution is 2.22. The zero-order valence-corrected chi connectivity index (χ0v) is 38.1. The van der Waals surface area contributed by atoms with E-state index in [9.17, 15) is 48.3 Å². The zero-order chi connectivity index (χ0) is 49.0. The molecular formula is C46H65N5O15. The minimum Gasteiger partial charge on any atom is -0.489 e. The maximum Gasteiger partial charge on any atom is 0.324 e. The van der Waals surface area contributed by atoms with Crippen molar-refractivity contribution in [1.82, 2.24) is 16.0 Å². The van der Waals surface area contributed by atoms with Crippen LogP contribution in [0.3, 0.4) is 0 Å². The van der Waals surface area contributed by atoms with Crippen LogP contribution in [0.2, 0.25) is 0 Å². The zero-order valence-electron chi connectivity index (χ0n) is 38.1. The first-order valence-electron chi connectivity index (χ1n) is 21.7. The Hall–Kier alpha value is -6.09. The Labute approximate surface area is 384 Å². The van der Waals surface area contributed by atoms with Crippen LogP contribution in [-0.2, 0) is 75.3 Å². The van der Waals surface area contributed by atoms with Gasteiger partial charge in [0, 0.05) is 64.6 Å². The van der Waals surface area contributed by atoms with Crippen LogP contribution < -0.4 is 32.5 Å². The van der Waals surface area contributed by atoms with Gasteiger partial charge < -0.3 is 44.9 Å². The molecule has 0 bridgehead atoms. The Morgan fingerprint density at radius 2 is 1.23 bits per heavy atom. The third kappa shape index (κ3) is 22.7. The number of hydrogen-bond acceptors (Lipinski definition) is 16. The van der Waals surface area contributed by atoms with Crippen molar-refractivity contribution in [3.63, 3.8) is 0 Å². The Morgan fingerprint density at radius 1 is 0.636 bits per heavy atom. The van der Waals surface area contributed by atoms with E-state index >= 15 is 0 Å². The molecule has 0 heterocycles. The molecule has 0 aliphatic carbocycles. The Balaban J connectivity index is 2.41. The average molecular weight is 928 g/mol. The van der Waals surface area contributed by atoms with Crippen LogP contribution in [0.4, 0.5) is 0 Å². The quantitative estimate of drug-likeness (QED) is 0.0433. The van der Waals surface area contributed by atoms with E-state index in [0.29, 0.717) is 31.1 Å². The summed E-state index contributed by atoms with van der Waals surface area (Å²) in [5.74, 6) is 0.882. The van der Waals surface area contributed by atoms with Crippen LogP contribution in [0.25, 0.3) is 0 Å². The number of ether oxygens (including phenoxy) is 3. The second-order valence-electron chi connectivity index (χ2n) is 16.2. The van der Waals surface area contributed by atoms with E-state index in [1.165, 1.54) is 7.11 Å². The van der Waals surface area contributed by atoms with Gasteiger partial charge in [0.1, 0.15) is 12.4 Å². The van der Waals surface area contributed by atoms with Gasteiger partial charge in [0.15, 0.2) is 17.3 Å². The number of carboxylic acid groups (broad SMARTS) is 1. The van der Waals surface area contributed by atoms with Gasteiger partial charge in [-0.05, 0) is 61.3 Å². The number of hydrogen-bond donors (Lipinski definition) is 6. The summed E-state index contributed by atoms with van der Waals surface area (Å²) in [6.07, 6.45) is -2.68. The number of nitrogens with two attached hydrogens (primary N) is 2. The number of benzene rings is 2. The van der Waals surface area contributed by atoms with E-state index in [-0.39, 0.29) is 57.5 Å². The van der Waals surface area contributed by atoms with Gasteiger partial charge in [-0.15, -0.1) is 0 Å². The molecule has 0 aromatic heterocycles. The van der Waals surface area contributed by atoms with Crippen molar-refractivity contribution in [2.75, 3.05) is 26.9 Å². The summed E-state index contributed by atoms with van der Waals surface area (Å²) in [5.41, 5.74) is 1.54. The van der Waals surface area contributed by atoms with Crippen molar-refractivity contribution in [2.24, 2.45) is 29.5 Å². The van der Waals surface area contributed by atoms with Gasteiger partial charge in [-0.25, -0.2) is 0 Å². The number of aliphatic carboxylic acids is 1. The summed E-state index contributed by atoms with van der Waals surface area (Å²) in [6, 6.07) is 12.4. The van der Waals surface area contributed by atoms with Crippen LogP contribution in [0.15, 0.2) is 54.6 Å². The summed E-state index contributed by atoms with van der Waals surface area (Å²) in [6.45, 7) is 5.89. The standard InChI is InChI=1S/C46H65N5O15/c1-29(2)23-37(40(54)25-33(14-18-43(58)65-47)45(60)50-36(17-19-44(59)66-48)39(53)11-8-20-63-22-21-62-4)51-46(61)34(26-41(55)38(27-42(56)57)49-30(3)52)24-31-12-15-35(16-13-31)64-28-32-9-6-5-7-10-32/h5-7,9-10,12-13,15-16,29,33-34,36-38H,8,11,14,17-28,47-48H2,1-4H3,(H,49,52)(H,50,60)(H,51,61)(H,56,57)/t33-,34-,36-,37-,38+/m1/s1. The number of Topliss-reactive ketones (excluding diaryl/α,β-unsaturated/α-hetero) is 3. The van der Waals surface area contributed by atoms with Crippen LogP contribution in [-0.4, -0.2) is 103 Å². The number of carbonyl (C=O) groups is 9. The Kier molecular flexibility index (Phi) is 26.3. The van der Waals surface area contributed by atoms with Crippen molar-refractivity contribution in [2.45, 2.75) is 116 Å². The topological polar surface area (TPSA) is 308 Å². The van der Waals surface area contributed by atoms with Gasteiger partial charge in [-0.2, -0.15) is 11.8 Å². The smallest absolute Gasteiger partial charge is 0.324 e. The number of nitrogens with one attached hydrogen (secondary N) is 3. The SMILES string of the molecule is COCCOCCCC(=O)[C@@H](CCC(=O)ON)NC(=O)[C@H](CCC(=O)ON)CC(=O)[C@@H](CC(C)C)NC(=O)[C@@H](CC(=O)[C@H](CC(=O)O)NC(C)=O)Cc1ccc(OCc2ccccc2)cc1. The minimum atomic E-state index is -1.44. The summed E-state index contributed by atoms with van der Waals surface area (Å²) in [4.78, 5) is 126. The predicted octanol–water partition coefficient (Wildman–Crippen LogP) is 2.36. The number of carboxylic acids is 1. The molecule has 0 saturated carbocycles. The van der Waals surface area contributed by atoms with Gasteiger partial charge in [0.05, 0.1) is 37.8 Å². The van der Waals surface area contributed by atoms with Crippen molar-refractivity contribution in [1.29, 1.82) is 0 Å². The lowest BCUT2D eigenvalue weighted by Gasteiger charge is -2.26. The molecule has 2 rings (SSSR count). The fraction of sp³-hybridized carbons (Fsp3) is 0.543. The number of rotatable bonds is 34. The molecule has 0 radical (unpaired) electrons. The fourth-order valence-corrected chi connectivity index (χ4v) is 6.84. The molecular weight excluding hydrogens is 863 g/mol. The molecule has 0 fully saturated rings. The second-order valence-corrected chi connectivity index (χ2v) is 16.2. The van der Waals surface area contributed by atoms with E-state index in [0.717, 1.165) is 12.5 Å². The summed E-state index contributed by atoms with van der Waals surface area (Å²) in [7, 11) is 1.51. The molecule has 3 amide bonds. The van der Waals surface area contributed by atoms with Crippen molar-refractivity contribution < 1.29 is 72.1 Å². The summed E-state index contributed by atoms with van der Waals surface area (Å²) < 4.78 is 16.2. The monoisotopic (exact) mass is 927 g/mol. The molecule has 20 heteroatoms. The van der Waals surface area contributed by atoms with E-state index in [4.69, 9.17) is 26.0 Å². The fourth-order valence-electron chi connectivity index (χ4n) is 6.84. The lowest BCUT2D eigenvalue weighted by atomic mass is 9.88. The molecule has 0 aliphatic rings. The third-order valence-electron chi connectivity index (χ3n) is 10.3. The number of methoxy groups -OCH3 is 1. The molecule has 66 heavy (non-hydrogen) atoms. The second kappa shape index (κ2) is 30.9. The normalized spacial score (nSPS) is 13.3. The maximum absolute atomic E-state index is 14.3. The molecule has 2 aromatic carbocycles. The van der Waals surface area contributed by atoms with E-state index in [1.54, 1.807) is 38.1 Å².